The summed E-state index contributed by atoms with van der Waals surface area (Å²) >= 11 is 3.08. The highest BCUT2D eigenvalue weighted by Crippen LogP contribution is 2.42. The minimum absolute atomic E-state index is 0.0485. The Balaban J connectivity index is 1.23. The highest BCUT2D eigenvalue weighted by molar-refractivity contribution is 7.10. The molecule has 1 aliphatic carbocycles. The molecule has 2 aromatic heterocycles. The normalized spacial score (nSPS) is 15.9. The number of aryl methyl sites for hydroxylation is 1. The minimum atomic E-state index is -0.451. The average Bonchev–Trinajstić information content (AvgIpc) is 3.65. The first kappa shape index (κ1) is 25.4. The Morgan fingerprint density at radius 3 is 2.49 bits per heavy atom. The van der Waals surface area contributed by atoms with E-state index >= 15 is 0 Å². The van der Waals surface area contributed by atoms with Crippen molar-refractivity contribution < 1.29 is 14.3 Å². The fourth-order valence-corrected chi connectivity index (χ4v) is 7.24. The molecule has 8 heteroatoms. The van der Waals surface area contributed by atoms with Crippen molar-refractivity contribution in [2.45, 2.75) is 18.9 Å². The van der Waals surface area contributed by atoms with Gasteiger partial charge in [0.2, 0.25) is 0 Å². The van der Waals surface area contributed by atoms with E-state index in [1.807, 2.05) is 28.8 Å². The fourth-order valence-electron chi connectivity index (χ4n) is 5.39. The van der Waals surface area contributed by atoms with Crippen LogP contribution in [0, 0.1) is 0 Å². The van der Waals surface area contributed by atoms with Gasteiger partial charge in [0.05, 0.1) is 28.9 Å². The zero-order valence-corrected chi connectivity index (χ0v) is 23.7. The summed E-state index contributed by atoms with van der Waals surface area (Å²) in [5.74, 6) is 0.643. The number of hydrogen-bond donors (Lipinski definition) is 0. The number of fused-ring (bicyclic) bond motifs is 3. The second-order valence-corrected chi connectivity index (χ2v) is 11.8. The Morgan fingerprint density at radius 1 is 0.951 bits per heavy atom. The number of methoxy groups -OCH3 is 1. The summed E-state index contributed by atoms with van der Waals surface area (Å²) in [6, 6.07) is 26.3. The second kappa shape index (κ2) is 10.5. The third-order valence-electron chi connectivity index (χ3n) is 7.40. The van der Waals surface area contributed by atoms with E-state index < -0.39 is 5.97 Å². The van der Waals surface area contributed by atoms with Gasteiger partial charge in [0.25, 0.3) is 5.56 Å². The number of carbonyl (C=O) groups excluding carboxylic acids is 1. The Kier molecular flexibility index (Phi) is 6.49. The quantitative estimate of drug-likeness (QED) is 0.202. The minimum Gasteiger partial charge on any atom is -0.497 e. The molecule has 0 amide bonds. The Bertz CT molecular complexity index is 1980. The molecule has 6 nitrogen and oxygen atoms in total. The van der Waals surface area contributed by atoms with Gasteiger partial charge in [-0.25, -0.2) is 9.79 Å². The molecule has 0 fully saturated rings. The number of nitrogens with zero attached hydrogens (tertiary/aromatic N) is 2. The molecular weight excluding hydrogens is 553 g/mol. The topological polar surface area (TPSA) is 69.9 Å². The van der Waals surface area contributed by atoms with Crippen LogP contribution < -0.4 is 24.4 Å². The lowest BCUT2D eigenvalue weighted by Crippen LogP contribution is -2.38. The number of allylic oxidation sites excluding steroid dienone is 1. The van der Waals surface area contributed by atoms with Crippen molar-refractivity contribution in [2.24, 2.45) is 4.99 Å². The van der Waals surface area contributed by atoms with Crippen molar-refractivity contribution in [1.29, 1.82) is 0 Å². The summed E-state index contributed by atoms with van der Waals surface area (Å²) in [4.78, 5) is 33.3. The van der Waals surface area contributed by atoms with E-state index in [0.717, 1.165) is 34.5 Å². The number of hydrogen-bond acceptors (Lipinski definition) is 7. The van der Waals surface area contributed by atoms with E-state index in [4.69, 9.17) is 14.5 Å². The van der Waals surface area contributed by atoms with Crippen LogP contribution in [0.5, 0.6) is 11.5 Å². The third kappa shape index (κ3) is 4.65. The van der Waals surface area contributed by atoms with Gasteiger partial charge in [0.1, 0.15) is 11.5 Å². The van der Waals surface area contributed by atoms with E-state index in [1.165, 1.54) is 22.5 Å². The summed E-state index contributed by atoms with van der Waals surface area (Å²) in [6.07, 6.45) is 3.69. The van der Waals surface area contributed by atoms with Crippen LogP contribution in [0.4, 0.5) is 0 Å². The van der Waals surface area contributed by atoms with Crippen LogP contribution in [0.15, 0.2) is 106 Å². The van der Waals surface area contributed by atoms with E-state index in [9.17, 15) is 9.59 Å². The van der Waals surface area contributed by atoms with Gasteiger partial charge in [-0.3, -0.25) is 9.36 Å². The molecule has 1 aliphatic heterocycles. The molecule has 2 aliphatic rings. The lowest BCUT2D eigenvalue weighted by Gasteiger charge is -2.30. The monoisotopic (exact) mass is 576 g/mol. The van der Waals surface area contributed by atoms with Gasteiger partial charge in [0, 0.05) is 10.4 Å². The maximum absolute atomic E-state index is 13.8. The predicted octanol–water partition coefficient (Wildman–Crippen LogP) is 5.61. The summed E-state index contributed by atoms with van der Waals surface area (Å²) < 4.78 is 13.1. The highest BCUT2D eigenvalue weighted by Gasteiger charge is 2.33. The van der Waals surface area contributed by atoms with Gasteiger partial charge < -0.3 is 9.47 Å². The zero-order chi connectivity index (χ0) is 27.9. The molecular formula is C33H24N2O4S2. The van der Waals surface area contributed by atoms with Crippen molar-refractivity contribution >= 4 is 40.4 Å². The Morgan fingerprint density at radius 2 is 1.73 bits per heavy atom. The van der Waals surface area contributed by atoms with E-state index in [1.54, 1.807) is 54.8 Å². The third-order valence-corrected chi connectivity index (χ3v) is 9.31. The summed E-state index contributed by atoms with van der Waals surface area (Å²) in [6.45, 7) is 0. The molecule has 3 heterocycles. The first-order valence-corrected chi connectivity index (χ1v) is 14.9. The summed E-state index contributed by atoms with van der Waals surface area (Å²) in [5.41, 5.74) is 5.88. The number of ether oxygens (including phenoxy) is 2. The largest absolute Gasteiger partial charge is 0.497 e. The van der Waals surface area contributed by atoms with Crippen LogP contribution in [0.1, 0.15) is 44.4 Å². The van der Waals surface area contributed by atoms with Gasteiger partial charge in [-0.05, 0) is 83.5 Å². The molecule has 41 heavy (non-hydrogen) atoms. The van der Waals surface area contributed by atoms with Crippen LogP contribution in [0.25, 0.3) is 11.8 Å². The van der Waals surface area contributed by atoms with Crippen molar-refractivity contribution in [3.8, 4) is 11.5 Å². The molecule has 0 saturated carbocycles. The van der Waals surface area contributed by atoms with Crippen LogP contribution in [0.3, 0.4) is 0 Å². The number of aromatic nitrogens is 1. The highest BCUT2D eigenvalue weighted by atomic mass is 32.1. The van der Waals surface area contributed by atoms with Gasteiger partial charge in [-0.15, -0.1) is 11.3 Å². The molecule has 0 radical (unpaired) electrons. The lowest BCUT2D eigenvalue weighted by molar-refractivity contribution is 0.0734. The fraction of sp³-hybridized carbons (Fsp3) is 0.121. The van der Waals surface area contributed by atoms with Crippen LogP contribution in [-0.4, -0.2) is 17.6 Å². The predicted molar refractivity (Wildman–Crippen MR) is 161 cm³/mol. The molecule has 3 aromatic carbocycles. The first-order chi connectivity index (χ1) is 20.1. The molecule has 0 bridgehead atoms. The lowest BCUT2D eigenvalue weighted by atomic mass is 9.85. The van der Waals surface area contributed by atoms with Crippen LogP contribution in [0.2, 0.25) is 0 Å². The van der Waals surface area contributed by atoms with Crippen LogP contribution >= 0.6 is 22.7 Å². The maximum Gasteiger partial charge on any atom is 0.343 e. The number of thiazole rings is 1. The molecule has 202 valence electrons. The molecule has 0 unspecified atom stereocenters. The maximum atomic E-state index is 13.8. The number of carbonyl (C=O) groups is 1. The smallest absolute Gasteiger partial charge is 0.343 e. The SMILES string of the molecule is COc1ccc(C(=O)Oc2ccc(/C=c3/sc4n(c3=O)[C@H](c3cccs3)C3=C(N=4)c4ccccc4CC3)cc2)cc1. The molecule has 0 spiro atoms. The van der Waals surface area contributed by atoms with Crippen molar-refractivity contribution in [1.82, 2.24) is 4.57 Å². The van der Waals surface area contributed by atoms with Crippen molar-refractivity contribution in [3.05, 3.63) is 143 Å². The Labute approximate surface area is 243 Å². The molecule has 0 saturated heterocycles. The first-order valence-electron chi connectivity index (χ1n) is 13.2. The number of esters is 1. The second-order valence-electron chi connectivity index (χ2n) is 9.82. The number of benzene rings is 3. The van der Waals surface area contributed by atoms with Gasteiger partial charge >= 0.3 is 5.97 Å². The molecule has 1 atom stereocenters. The van der Waals surface area contributed by atoms with Gasteiger partial charge in [0.15, 0.2) is 4.80 Å². The number of thiophene rings is 1. The average molecular weight is 577 g/mol. The van der Waals surface area contributed by atoms with E-state index in [-0.39, 0.29) is 11.6 Å². The van der Waals surface area contributed by atoms with Crippen molar-refractivity contribution in [3.63, 3.8) is 0 Å². The van der Waals surface area contributed by atoms with Gasteiger partial charge in [-0.1, -0.05) is 53.8 Å². The Hall–Kier alpha value is -4.53. The van der Waals surface area contributed by atoms with E-state index in [0.29, 0.717) is 26.4 Å². The van der Waals surface area contributed by atoms with Gasteiger partial charge in [-0.2, -0.15) is 0 Å². The molecule has 0 N–H and O–H groups in total. The zero-order valence-electron chi connectivity index (χ0n) is 22.1. The summed E-state index contributed by atoms with van der Waals surface area (Å²) in [5, 5.41) is 2.06. The van der Waals surface area contributed by atoms with Crippen LogP contribution in [-0.2, 0) is 6.42 Å². The van der Waals surface area contributed by atoms with Crippen molar-refractivity contribution in [2.75, 3.05) is 7.11 Å². The van der Waals surface area contributed by atoms with E-state index in [2.05, 4.69) is 35.7 Å². The molecule has 5 aromatic rings. The molecule has 7 rings (SSSR count). The summed E-state index contributed by atoms with van der Waals surface area (Å²) in [7, 11) is 1.58. The standard InChI is InChI=1S/C33H24N2O4S2/c1-38-23-15-10-22(11-16-23)32(37)39-24-13-8-20(9-14-24)19-28-31(36)35-30(27-7-4-18-40-27)26-17-12-21-5-2-3-6-25(21)29(26)34-33(35)41-28/h2-11,13-16,18-19,30H,12,17H2,1H3/b28-19+/t30-/m0/s1. The number of rotatable bonds is 5.